The summed E-state index contributed by atoms with van der Waals surface area (Å²) in [5.41, 5.74) is 3.16. The zero-order chi connectivity index (χ0) is 18.1. The smallest absolute Gasteiger partial charge is 0.335 e. The molecule has 0 aliphatic carbocycles. The van der Waals surface area contributed by atoms with Crippen molar-refractivity contribution in [1.82, 2.24) is 14.8 Å². The molecule has 6 heteroatoms. The maximum atomic E-state index is 11.3. The number of rotatable bonds is 4. The lowest BCUT2D eigenvalue weighted by atomic mass is 10.1. The molecular weight excluding hydrogens is 330 g/mol. The lowest BCUT2D eigenvalue weighted by molar-refractivity contribution is 0.0697. The van der Waals surface area contributed by atoms with Crippen molar-refractivity contribution in [3.05, 3.63) is 72.4 Å². The topological polar surface area (TPSA) is 77.2 Å². The quantitative estimate of drug-likeness (QED) is 0.609. The first kappa shape index (κ1) is 15.8. The molecule has 0 aliphatic heterocycles. The number of aromatic nitrogens is 3. The fourth-order valence-corrected chi connectivity index (χ4v) is 2.89. The van der Waals surface area contributed by atoms with Crippen LogP contribution in [0.3, 0.4) is 0 Å². The standard InChI is InChI=1S/C20H15N3O3/c1-26-16-8-3-5-13(12-16)18-17-9-4-10-21-19(17)23(22-18)15-7-2-6-14(11-15)20(24)25/h2-12H,1H3,(H,24,25). The highest BCUT2D eigenvalue weighted by atomic mass is 16.5. The van der Waals surface area contributed by atoms with E-state index in [0.717, 1.165) is 22.4 Å². The van der Waals surface area contributed by atoms with Crippen LogP contribution in [0.1, 0.15) is 10.4 Å². The molecule has 0 aliphatic rings. The first-order chi connectivity index (χ1) is 12.7. The van der Waals surface area contributed by atoms with Crippen LogP contribution >= 0.6 is 0 Å². The van der Waals surface area contributed by atoms with E-state index in [1.165, 1.54) is 0 Å². The van der Waals surface area contributed by atoms with Gasteiger partial charge in [0.25, 0.3) is 0 Å². The van der Waals surface area contributed by atoms with Crippen molar-refractivity contribution >= 4 is 17.0 Å². The summed E-state index contributed by atoms with van der Waals surface area (Å²) < 4.78 is 6.97. The van der Waals surface area contributed by atoms with Crippen LogP contribution in [0, 0.1) is 0 Å². The Morgan fingerprint density at radius 3 is 2.73 bits per heavy atom. The Morgan fingerprint density at radius 2 is 1.92 bits per heavy atom. The van der Waals surface area contributed by atoms with E-state index in [1.54, 1.807) is 36.2 Å². The van der Waals surface area contributed by atoms with Crippen LogP contribution in [0.25, 0.3) is 28.0 Å². The Hall–Kier alpha value is -3.67. The molecule has 1 N–H and O–H groups in total. The molecule has 0 fully saturated rings. The van der Waals surface area contributed by atoms with Crippen LogP contribution < -0.4 is 4.74 Å². The molecule has 0 spiro atoms. The molecule has 0 bridgehead atoms. The zero-order valence-corrected chi connectivity index (χ0v) is 14.0. The summed E-state index contributed by atoms with van der Waals surface area (Å²) in [4.78, 5) is 15.7. The second kappa shape index (κ2) is 6.33. The molecule has 128 valence electrons. The number of nitrogens with zero attached hydrogens (tertiary/aromatic N) is 3. The molecule has 0 saturated carbocycles. The molecule has 4 aromatic rings. The molecule has 0 unspecified atom stereocenters. The summed E-state index contributed by atoms with van der Waals surface area (Å²) in [6.07, 6.45) is 1.69. The van der Waals surface area contributed by atoms with Gasteiger partial charge in [-0.05, 0) is 42.5 Å². The second-order valence-corrected chi connectivity index (χ2v) is 5.72. The van der Waals surface area contributed by atoms with Gasteiger partial charge in [0, 0.05) is 17.1 Å². The van der Waals surface area contributed by atoms with Gasteiger partial charge >= 0.3 is 5.97 Å². The number of hydrogen-bond acceptors (Lipinski definition) is 4. The second-order valence-electron chi connectivity index (χ2n) is 5.72. The Kier molecular flexibility index (Phi) is 3.85. The average molecular weight is 345 g/mol. The summed E-state index contributed by atoms with van der Waals surface area (Å²) in [6.45, 7) is 0. The van der Waals surface area contributed by atoms with Crippen LogP contribution in [0.2, 0.25) is 0 Å². The predicted molar refractivity (Wildman–Crippen MR) is 97.8 cm³/mol. The molecule has 26 heavy (non-hydrogen) atoms. The highest BCUT2D eigenvalue weighted by Gasteiger charge is 2.15. The van der Waals surface area contributed by atoms with E-state index >= 15 is 0 Å². The van der Waals surface area contributed by atoms with Gasteiger partial charge in [-0.15, -0.1) is 0 Å². The first-order valence-corrected chi connectivity index (χ1v) is 7.99. The number of fused-ring (bicyclic) bond motifs is 1. The highest BCUT2D eigenvalue weighted by Crippen LogP contribution is 2.30. The number of pyridine rings is 1. The van der Waals surface area contributed by atoms with E-state index in [2.05, 4.69) is 4.98 Å². The molecule has 2 aromatic heterocycles. The zero-order valence-electron chi connectivity index (χ0n) is 14.0. The maximum absolute atomic E-state index is 11.3. The molecular formula is C20H15N3O3. The van der Waals surface area contributed by atoms with Crippen molar-refractivity contribution in [3.8, 4) is 22.7 Å². The van der Waals surface area contributed by atoms with E-state index in [-0.39, 0.29) is 5.56 Å². The molecule has 0 saturated heterocycles. The van der Waals surface area contributed by atoms with Crippen LogP contribution in [0.4, 0.5) is 0 Å². The number of carboxylic acids is 1. The van der Waals surface area contributed by atoms with Crippen LogP contribution in [-0.2, 0) is 0 Å². The van der Waals surface area contributed by atoms with Gasteiger partial charge in [-0.25, -0.2) is 14.5 Å². The number of benzene rings is 2. The molecule has 2 heterocycles. The van der Waals surface area contributed by atoms with E-state index < -0.39 is 5.97 Å². The number of aromatic carboxylic acids is 1. The minimum atomic E-state index is -0.982. The summed E-state index contributed by atoms with van der Waals surface area (Å²) in [5, 5.41) is 14.8. The fourth-order valence-electron chi connectivity index (χ4n) is 2.89. The fraction of sp³-hybridized carbons (Fsp3) is 0.0500. The van der Waals surface area contributed by atoms with Gasteiger partial charge in [0.1, 0.15) is 11.4 Å². The molecule has 0 amide bonds. The normalized spacial score (nSPS) is 10.8. The van der Waals surface area contributed by atoms with E-state index in [9.17, 15) is 9.90 Å². The van der Waals surface area contributed by atoms with Crippen molar-refractivity contribution in [2.24, 2.45) is 0 Å². The number of ether oxygens (including phenoxy) is 1. The van der Waals surface area contributed by atoms with Crippen molar-refractivity contribution in [2.75, 3.05) is 7.11 Å². The average Bonchev–Trinajstić information content (AvgIpc) is 3.08. The van der Waals surface area contributed by atoms with Gasteiger partial charge in [0.15, 0.2) is 5.65 Å². The number of carbonyl (C=O) groups is 1. The largest absolute Gasteiger partial charge is 0.497 e. The maximum Gasteiger partial charge on any atom is 0.335 e. The minimum absolute atomic E-state index is 0.199. The van der Waals surface area contributed by atoms with Crippen LogP contribution in [0.5, 0.6) is 5.75 Å². The van der Waals surface area contributed by atoms with Gasteiger partial charge in [-0.3, -0.25) is 0 Å². The summed E-state index contributed by atoms with van der Waals surface area (Å²) in [6, 6.07) is 18.1. The Balaban J connectivity index is 1.95. The predicted octanol–water partition coefficient (Wildman–Crippen LogP) is 3.79. The lowest BCUT2D eigenvalue weighted by Crippen LogP contribution is -2.01. The lowest BCUT2D eigenvalue weighted by Gasteiger charge is -2.04. The van der Waals surface area contributed by atoms with Gasteiger partial charge in [0.05, 0.1) is 18.4 Å². The van der Waals surface area contributed by atoms with Gasteiger partial charge in [-0.2, -0.15) is 5.10 Å². The Bertz CT molecular complexity index is 1120. The van der Waals surface area contributed by atoms with E-state index in [1.807, 2.05) is 42.5 Å². The SMILES string of the molecule is COc1cccc(-c2nn(-c3cccc(C(=O)O)c3)c3ncccc23)c1. The molecule has 0 radical (unpaired) electrons. The third kappa shape index (κ3) is 2.67. The number of hydrogen-bond donors (Lipinski definition) is 1. The van der Waals surface area contributed by atoms with Crippen molar-refractivity contribution in [3.63, 3.8) is 0 Å². The van der Waals surface area contributed by atoms with Crippen LogP contribution in [0.15, 0.2) is 66.9 Å². The molecule has 4 rings (SSSR count). The third-order valence-corrected chi connectivity index (χ3v) is 4.12. The van der Waals surface area contributed by atoms with Gasteiger partial charge in [-0.1, -0.05) is 18.2 Å². The monoisotopic (exact) mass is 345 g/mol. The van der Waals surface area contributed by atoms with Gasteiger partial charge < -0.3 is 9.84 Å². The van der Waals surface area contributed by atoms with Crippen molar-refractivity contribution in [1.29, 1.82) is 0 Å². The minimum Gasteiger partial charge on any atom is -0.497 e. The number of methoxy groups -OCH3 is 1. The van der Waals surface area contributed by atoms with Gasteiger partial charge in [0.2, 0.25) is 0 Å². The van der Waals surface area contributed by atoms with E-state index in [4.69, 9.17) is 9.84 Å². The first-order valence-electron chi connectivity index (χ1n) is 7.99. The molecule has 2 aromatic carbocycles. The Labute approximate surface area is 149 Å². The van der Waals surface area contributed by atoms with Crippen molar-refractivity contribution < 1.29 is 14.6 Å². The molecule has 6 nitrogen and oxygen atoms in total. The Morgan fingerprint density at radius 1 is 1.08 bits per heavy atom. The molecule has 0 atom stereocenters. The highest BCUT2D eigenvalue weighted by molar-refractivity contribution is 5.93. The number of carboxylic acid groups (broad SMARTS) is 1. The third-order valence-electron chi connectivity index (χ3n) is 4.12. The summed E-state index contributed by atoms with van der Waals surface area (Å²) in [7, 11) is 1.62. The van der Waals surface area contributed by atoms with E-state index in [0.29, 0.717) is 11.3 Å². The van der Waals surface area contributed by atoms with Crippen molar-refractivity contribution in [2.45, 2.75) is 0 Å². The van der Waals surface area contributed by atoms with Crippen LogP contribution in [-0.4, -0.2) is 33.0 Å². The summed E-state index contributed by atoms with van der Waals surface area (Å²) >= 11 is 0. The summed E-state index contributed by atoms with van der Waals surface area (Å²) in [5.74, 6) is -0.244.